The summed E-state index contributed by atoms with van der Waals surface area (Å²) >= 11 is 1.77. The Hall–Kier alpha value is -1.09. The third-order valence-electron chi connectivity index (χ3n) is 3.66. The zero-order valence-electron chi connectivity index (χ0n) is 10.4. The van der Waals surface area contributed by atoms with Crippen molar-refractivity contribution in [1.29, 1.82) is 0 Å². The van der Waals surface area contributed by atoms with E-state index in [0.29, 0.717) is 0 Å². The summed E-state index contributed by atoms with van der Waals surface area (Å²) in [5, 5.41) is 4.71. The summed E-state index contributed by atoms with van der Waals surface area (Å²) in [5.74, 6) is 0. The largest absolute Gasteiger partial charge is 0.356 e. The fraction of sp³-hybridized carbons (Fsp3) is 0.500. The second-order valence-electron chi connectivity index (χ2n) is 5.38. The van der Waals surface area contributed by atoms with Gasteiger partial charge in [0, 0.05) is 5.54 Å². The maximum absolute atomic E-state index is 4.69. The predicted octanol–water partition coefficient (Wildman–Crippen LogP) is 4.35. The maximum Gasteiger partial charge on any atom is 0.184 e. The average Bonchev–Trinajstić information content (AvgIpc) is 2.84. The monoisotopic (exact) mass is 246 g/mol. The number of fused-ring (bicyclic) bond motifs is 1. The first-order valence-electron chi connectivity index (χ1n) is 6.30. The lowest BCUT2D eigenvalue weighted by atomic mass is 10.0. The van der Waals surface area contributed by atoms with Gasteiger partial charge >= 0.3 is 0 Å². The van der Waals surface area contributed by atoms with Crippen LogP contribution in [0.2, 0.25) is 0 Å². The molecular weight excluding hydrogens is 228 g/mol. The fourth-order valence-corrected chi connectivity index (χ4v) is 3.62. The highest BCUT2D eigenvalue weighted by Gasteiger charge is 2.29. The number of aromatic nitrogens is 1. The van der Waals surface area contributed by atoms with E-state index in [1.165, 1.54) is 35.9 Å². The highest BCUT2D eigenvalue weighted by atomic mass is 32.1. The summed E-state index contributed by atoms with van der Waals surface area (Å²) in [6.07, 6.45) is 5.21. The van der Waals surface area contributed by atoms with Crippen molar-refractivity contribution in [1.82, 2.24) is 4.98 Å². The Morgan fingerprint density at radius 2 is 2.06 bits per heavy atom. The summed E-state index contributed by atoms with van der Waals surface area (Å²) in [7, 11) is 0. The molecule has 1 heterocycles. The highest BCUT2D eigenvalue weighted by molar-refractivity contribution is 7.22. The molecule has 0 atom stereocenters. The van der Waals surface area contributed by atoms with Crippen LogP contribution in [0.4, 0.5) is 5.13 Å². The zero-order chi connectivity index (χ0) is 11.9. The van der Waals surface area contributed by atoms with E-state index in [2.05, 4.69) is 42.3 Å². The van der Waals surface area contributed by atoms with Crippen molar-refractivity contribution in [3.63, 3.8) is 0 Å². The van der Waals surface area contributed by atoms with Crippen LogP contribution in [-0.2, 0) is 0 Å². The maximum atomic E-state index is 4.69. The van der Waals surface area contributed by atoms with Gasteiger partial charge in [-0.2, -0.15) is 0 Å². The van der Waals surface area contributed by atoms with Crippen molar-refractivity contribution in [2.75, 3.05) is 5.32 Å². The molecule has 90 valence electrons. The lowest BCUT2D eigenvalue weighted by Crippen LogP contribution is -2.30. The SMILES string of the molecule is Cc1ccc2sc(NC3(C)CCCC3)nc2c1. The molecule has 1 aliphatic carbocycles. The van der Waals surface area contributed by atoms with Crippen LogP contribution in [0.15, 0.2) is 18.2 Å². The molecule has 1 N–H and O–H groups in total. The predicted molar refractivity (Wildman–Crippen MR) is 74.9 cm³/mol. The first-order valence-corrected chi connectivity index (χ1v) is 7.12. The first kappa shape index (κ1) is 11.0. The van der Waals surface area contributed by atoms with Gasteiger partial charge in [-0.15, -0.1) is 0 Å². The Morgan fingerprint density at radius 3 is 2.82 bits per heavy atom. The minimum absolute atomic E-state index is 0.267. The normalized spacial score (nSPS) is 18.7. The van der Waals surface area contributed by atoms with Gasteiger partial charge in [0.1, 0.15) is 0 Å². The molecule has 0 aliphatic heterocycles. The molecule has 2 aromatic rings. The van der Waals surface area contributed by atoms with E-state index in [1.54, 1.807) is 11.3 Å². The van der Waals surface area contributed by atoms with Crippen LogP contribution in [0.5, 0.6) is 0 Å². The van der Waals surface area contributed by atoms with Gasteiger partial charge in [-0.3, -0.25) is 0 Å². The van der Waals surface area contributed by atoms with Crippen molar-refractivity contribution in [2.24, 2.45) is 0 Å². The van der Waals surface area contributed by atoms with Gasteiger partial charge in [0.2, 0.25) is 0 Å². The molecule has 0 spiro atoms. The summed E-state index contributed by atoms with van der Waals surface area (Å²) in [4.78, 5) is 4.69. The molecule has 0 unspecified atom stereocenters. The first-order chi connectivity index (χ1) is 8.15. The lowest BCUT2D eigenvalue weighted by Gasteiger charge is -2.24. The molecule has 1 aromatic heterocycles. The Kier molecular flexibility index (Phi) is 2.58. The van der Waals surface area contributed by atoms with Crippen molar-refractivity contribution < 1.29 is 0 Å². The number of aryl methyl sites for hydroxylation is 1. The van der Waals surface area contributed by atoms with Gasteiger partial charge in [-0.25, -0.2) is 4.98 Å². The number of nitrogens with one attached hydrogen (secondary N) is 1. The van der Waals surface area contributed by atoms with Gasteiger partial charge in [-0.05, 0) is 44.4 Å². The van der Waals surface area contributed by atoms with Crippen LogP contribution in [-0.4, -0.2) is 10.5 Å². The van der Waals surface area contributed by atoms with E-state index >= 15 is 0 Å². The Bertz CT molecular complexity index is 538. The molecule has 17 heavy (non-hydrogen) atoms. The number of hydrogen-bond donors (Lipinski definition) is 1. The van der Waals surface area contributed by atoms with Crippen LogP contribution >= 0.6 is 11.3 Å². The van der Waals surface area contributed by atoms with E-state index in [-0.39, 0.29) is 5.54 Å². The van der Waals surface area contributed by atoms with Crippen LogP contribution in [0.3, 0.4) is 0 Å². The number of hydrogen-bond acceptors (Lipinski definition) is 3. The molecule has 0 amide bonds. The molecular formula is C14H18N2S. The third-order valence-corrected chi connectivity index (χ3v) is 4.61. The van der Waals surface area contributed by atoms with Crippen molar-refractivity contribution in [3.8, 4) is 0 Å². The quantitative estimate of drug-likeness (QED) is 0.852. The van der Waals surface area contributed by atoms with Crippen molar-refractivity contribution >= 4 is 26.7 Å². The molecule has 2 nitrogen and oxygen atoms in total. The minimum Gasteiger partial charge on any atom is -0.356 e. The summed E-state index contributed by atoms with van der Waals surface area (Å²) in [5.41, 5.74) is 2.67. The molecule has 0 bridgehead atoms. The molecule has 0 radical (unpaired) electrons. The van der Waals surface area contributed by atoms with Gasteiger partial charge < -0.3 is 5.32 Å². The second-order valence-corrected chi connectivity index (χ2v) is 6.41. The molecule has 1 saturated carbocycles. The zero-order valence-corrected chi connectivity index (χ0v) is 11.2. The Morgan fingerprint density at radius 1 is 1.29 bits per heavy atom. The van der Waals surface area contributed by atoms with Crippen molar-refractivity contribution in [2.45, 2.75) is 45.1 Å². The number of thiazole rings is 1. The Labute approximate surface area is 106 Å². The molecule has 1 aliphatic rings. The summed E-state index contributed by atoms with van der Waals surface area (Å²) in [6, 6.07) is 6.49. The van der Waals surface area contributed by atoms with Gasteiger partial charge in [0.25, 0.3) is 0 Å². The van der Waals surface area contributed by atoms with Gasteiger partial charge in [0.15, 0.2) is 5.13 Å². The van der Waals surface area contributed by atoms with Gasteiger partial charge in [0.05, 0.1) is 10.2 Å². The van der Waals surface area contributed by atoms with Gasteiger partial charge in [-0.1, -0.05) is 30.2 Å². The standard InChI is InChI=1S/C14H18N2S/c1-10-5-6-12-11(9-10)15-13(17-12)16-14(2)7-3-4-8-14/h5-6,9H,3-4,7-8H2,1-2H3,(H,15,16). The average molecular weight is 246 g/mol. The molecule has 1 aromatic carbocycles. The topological polar surface area (TPSA) is 24.9 Å². The smallest absolute Gasteiger partial charge is 0.184 e. The molecule has 3 heteroatoms. The number of rotatable bonds is 2. The molecule has 3 rings (SSSR count). The van der Waals surface area contributed by atoms with Crippen LogP contribution in [0.1, 0.15) is 38.2 Å². The highest BCUT2D eigenvalue weighted by Crippen LogP contribution is 2.35. The van der Waals surface area contributed by atoms with Crippen molar-refractivity contribution in [3.05, 3.63) is 23.8 Å². The van der Waals surface area contributed by atoms with E-state index in [4.69, 9.17) is 0 Å². The third kappa shape index (κ3) is 2.16. The lowest BCUT2D eigenvalue weighted by molar-refractivity contribution is 0.533. The van der Waals surface area contributed by atoms with Crippen LogP contribution in [0.25, 0.3) is 10.2 Å². The van der Waals surface area contributed by atoms with E-state index in [0.717, 1.165) is 10.6 Å². The number of benzene rings is 1. The minimum atomic E-state index is 0.267. The summed E-state index contributed by atoms with van der Waals surface area (Å²) < 4.78 is 1.28. The Balaban J connectivity index is 1.90. The second kappa shape index (κ2) is 3.98. The van der Waals surface area contributed by atoms with E-state index in [9.17, 15) is 0 Å². The van der Waals surface area contributed by atoms with Crippen LogP contribution in [0, 0.1) is 6.92 Å². The van der Waals surface area contributed by atoms with E-state index < -0.39 is 0 Å². The van der Waals surface area contributed by atoms with Crippen LogP contribution < -0.4 is 5.32 Å². The number of anilines is 1. The molecule has 0 saturated heterocycles. The van der Waals surface area contributed by atoms with E-state index in [1.807, 2.05) is 0 Å². The summed E-state index contributed by atoms with van der Waals surface area (Å²) in [6.45, 7) is 4.43. The number of nitrogens with zero attached hydrogens (tertiary/aromatic N) is 1. The molecule has 1 fully saturated rings. The fourth-order valence-electron chi connectivity index (χ4n) is 2.63.